The molecule has 2 aromatic rings. The quantitative estimate of drug-likeness (QED) is 0.679. The number of carboxylic acid groups (broad SMARTS) is 1. The van der Waals surface area contributed by atoms with Gasteiger partial charge in [0.2, 0.25) is 5.88 Å². The van der Waals surface area contributed by atoms with Gasteiger partial charge in [-0.1, -0.05) is 0 Å². The van der Waals surface area contributed by atoms with Gasteiger partial charge in [-0.2, -0.15) is 0 Å². The van der Waals surface area contributed by atoms with Gasteiger partial charge in [0.15, 0.2) is 0 Å². The number of hydrogen-bond donors (Lipinski definition) is 1. The van der Waals surface area contributed by atoms with E-state index in [9.17, 15) is 14.9 Å². The summed E-state index contributed by atoms with van der Waals surface area (Å²) in [5.41, 5.74) is 0.384. The van der Waals surface area contributed by atoms with E-state index in [4.69, 9.17) is 9.84 Å². The van der Waals surface area contributed by atoms with E-state index in [1.807, 2.05) is 0 Å². The molecular weight excluding hydrogens is 264 g/mol. The fourth-order valence-electron chi connectivity index (χ4n) is 1.55. The van der Waals surface area contributed by atoms with Crippen LogP contribution in [-0.2, 0) is 0 Å². The molecule has 7 nitrogen and oxygen atoms in total. The third-order valence-electron chi connectivity index (χ3n) is 2.59. The van der Waals surface area contributed by atoms with E-state index >= 15 is 0 Å². The molecule has 0 fully saturated rings. The van der Waals surface area contributed by atoms with Crippen molar-refractivity contribution in [2.45, 2.75) is 6.92 Å². The Hall–Kier alpha value is -2.96. The first-order chi connectivity index (χ1) is 9.49. The summed E-state index contributed by atoms with van der Waals surface area (Å²) in [6, 6.07) is 6.92. The molecule has 0 aliphatic heterocycles. The molecule has 2 rings (SSSR count). The SMILES string of the molecule is Cc1ccc([N+](=O)[O-])cc1Oc1ncccc1C(=O)O. The van der Waals surface area contributed by atoms with E-state index in [1.54, 1.807) is 6.92 Å². The Bertz CT molecular complexity index is 684. The molecule has 0 radical (unpaired) electrons. The lowest BCUT2D eigenvalue weighted by molar-refractivity contribution is -0.384. The van der Waals surface area contributed by atoms with Crippen molar-refractivity contribution in [1.29, 1.82) is 0 Å². The summed E-state index contributed by atoms with van der Waals surface area (Å²) in [5.74, 6) is -1.10. The van der Waals surface area contributed by atoms with Crippen LogP contribution < -0.4 is 4.74 Å². The fourth-order valence-corrected chi connectivity index (χ4v) is 1.55. The van der Waals surface area contributed by atoms with Gasteiger partial charge < -0.3 is 9.84 Å². The predicted octanol–water partition coefficient (Wildman–Crippen LogP) is 2.79. The van der Waals surface area contributed by atoms with E-state index < -0.39 is 10.9 Å². The molecule has 102 valence electrons. The maximum atomic E-state index is 11.0. The lowest BCUT2D eigenvalue weighted by atomic mass is 10.2. The van der Waals surface area contributed by atoms with E-state index in [0.29, 0.717) is 5.56 Å². The van der Waals surface area contributed by atoms with Crippen molar-refractivity contribution in [3.8, 4) is 11.6 Å². The molecule has 0 saturated carbocycles. The van der Waals surface area contributed by atoms with Crippen LogP contribution in [0.2, 0.25) is 0 Å². The molecule has 0 aliphatic rings. The number of non-ortho nitro benzene ring substituents is 1. The van der Waals surface area contributed by atoms with Gasteiger partial charge in [0.1, 0.15) is 11.3 Å². The lowest BCUT2D eigenvalue weighted by Gasteiger charge is -2.09. The van der Waals surface area contributed by atoms with Crippen LogP contribution in [0.4, 0.5) is 5.69 Å². The van der Waals surface area contributed by atoms with Crippen molar-refractivity contribution in [2.24, 2.45) is 0 Å². The monoisotopic (exact) mass is 274 g/mol. The molecule has 1 heterocycles. The summed E-state index contributed by atoms with van der Waals surface area (Å²) < 4.78 is 5.40. The molecule has 7 heteroatoms. The highest BCUT2D eigenvalue weighted by Gasteiger charge is 2.15. The highest BCUT2D eigenvalue weighted by Crippen LogP contribution is 2.29. The Morgan fingerprint density at radius 1 is 1.40 bits per heavy atom. The van der Waals surface area contributed by atoms with Crippen LogP contribution in [0.25, 0.3) is 0 Å². The summed E-state index contributed by atoms with van der Waals surface area (Å²) in [4.78, 5) is 25.1. The molecule has 0 bridgehead atoms. The van der Waals surface area contributed by atoms with Gasteiger partial charge in [-0.3, -0.25) is 10.1 Å². The average Bonchev–Trinajstić information content (AvgIpc) is 2.41. The molecule has 1 N–H and O–H groups in total. The van der Waals surface area contributed by atoms with Crippen LogP contribution in [0, 0.1) is 17.0 Å². The highest BCUT2D eigenvalue weighted by molar-refractivity contribution is 5.90. The zero-order valence-corrected chi connectivity index (χ0v) is 10.4. The zero-order chi connectivity index (χ0) is 14.7. The largest absolute Gasteiger partial charge is 0.477 e. The third-order valence-corrected chi connectivity index (χ3v) is 2.59. The topological polar surface area (TPSA) is 103 Å². The second-order valence-corrected chi connectivity index (χ2v) is 3.97. The highest BCUT2D eigenvalue weighted by atomic mass is 16.6. The zero-order valence-electron chi connectivity index (χ0n) is 10.4. The van der Waals surface area contributed by atoms with Crippen molar-refractivity contribution < 1.29 is 19.6 Å². The van der Waals surface area contributed by atoms with Gasteiger partial charge in [0.05, 0.1) is 11.0 Å². The number of aryl methyl sites for hydroxylation is 1. The number of pyridine rings is 1. The minimum Gasteiger partial charge on any atom is -0.477 e. The van der Waals surface area contributed by atoms with Crippen molar-refractivity contribution in [2.75, 3.05) is 0 Å². The molecule has 0 atom stereocenters. The summed E-state index contributed by atoms with van der Waals surface area (Å²) in [7, 11) is 0. The number of aromatic carboxylic acids is 1. The molecule has 0 unspecified atom stereocenters. The standard InChI is InChI=1S/C13H10N2O5/c1-8-4-5-9(15(18)19)7-11(8)20-12-10(13(16)17)3-2-6-14-12/h2-7H,1H3,(H,16,17). The maximum absolute atomic E-state index is 11.0. The number of nitro groups is 1. The smallest absolute Gasteiger partial charge is 0.341 e. The number of ether oxygens (including phenoxy) is 1. The second-order valence-electron chi connectivity index (χ2n) is 3.97. The van der Waals surface area contributed by atoms with E-state index in [0.717, 1.165) is 0 Å². The maximum Gasteiger partial charge on any atom is 0.341 e. The summed E-state index contributed by atoms with van der Waals surface area (Å²) in [6.07, 6.45) is 1.38. The first kappa shape index (κ1) is 13.5. The van der Waals surface area contributed by atoms with Crippen LogP contribution in [0.3, 0.4) is 0 Å². The number of aromatic nitrogens is 1. The first-order valence-corrected chi connectivity index (χ1v) is 5.60. The molecule has 1 aromatic heterocycles. The Labute approximate surface area is 113 Å². The molecule has 0 saturated heterocycles. The molecule has 0 aliphatic carbocycles. The van der Waals surface area contributed by atoms with Gasteiger partial charge in [-0.05, 0) is 30.7 Å². The third kappa shape index (κ3) is 2.72. The first-order valence-electron chi connectivity index (χ1n) is 5.60. The van der Waals surface area contributed by atoms with Crippen LogP contribution in [-0.4, -0.2) is 21.0 Å². The van der Waals surface area contributed by atoms with Crippen LogP contribution in [0.5, 0.6) is 11.6 Å². The minimum atomic E-state index is -1.18. The van der Waals surface area contributed by atoms with E-state index in [-0.39, 0.29) is 22.9 Å². The van der Waals surface area contributed by atoms with Gasteiger partial charge in [0.25, 0.3) is 5.69 Å². The molecule has 0 spiro atoms. The van der Waals surface area contributed by atoms with Crippen molar-refractivity contribution in [3.05, 3.63) is 57.8 Å². The number of carbonyl (C=O) groups is 1. The normalized spacial score (nSPS) is 10.1. The fraction of sp³-hybridized carbons (Fsp3) is 0.0769. The Morgan fingerprint density at radius 3 is 2.80 bits per heavy atom. The average molecular weight is 274 g/mol. The van der Waals surface area contributed by atoms with Gasteiger partial charge in [0, 0.05) is 12.3 Å². The van der Waals surface area contributed by atoms with Crippen LogP contribution in [0.1, 0.15) is 15.9 Å². The lowest BCUT2D eigenvalue weighted by Crippen LogP contribution is -2.02. The number of nitrogens with zero attached hydrogens (tertiary/aromatic N) is 2. The number of benzene rings is 1. The van der Waals surface area contributed by atoms with Gasteiger partial charge in [-0.25, -0.2) is 9.78 Å². The Morgan fingerprint density at radius 2 is 2.15 bits per heavy atom. The predicted molar refractivity (Wildman–Crippen MR) is 69.1 cm³/mol. The van der Waals surface area contributed by atoms with E-state index in [1.165, 1.54) is 36.5 Å². The molecule has 0 amide bonds. The summed E-state index contributed by atoms with van der Waals surface area (Å²) in [6.45, 7) is 1.70. The molecule has 20 heavy (non-hydrogen) atoms. The van der Waals surface area contributed by atoms with E-state index in [2.05, 4.69) is 4.98 Å². The van der Waals surface area contributed by atoms with Crippen molar-refractivity contribution in [1.82, 2.24) is 4.98 Å². The summed E-state index contributed by atoms with van der Waals surface area (Å²) >= 11 is 0. The van der Waals surface area contributed by atoms with Crippen LogP contribution >= 0.6 is 0 Å². The van der Waals surface area contributed by atoms with Gasteiger partial charge >= 0.3 is 5.97 Å². The van der Waals surface area contributed by atoms with Crippen LogP contribution in [0.15, 0.2) is 36.5 Å². The van der Waals surface area contributed by atoms with Crippen molar-refractivity contribution >= 4 is 11.7 Å². The molecule has 1 aromatic carbocycles. The van der Waals surface area contributed by atoms with Crippen molar-refractivity contribution in [3.63, 3.8) is 0 Å². The number of rotatable bonds is 4. The minimum absolute atomic E-state index is 0.108. The second kappa shape index (κ2) is 5.35. The number of hydrogen-bond acceptors (Lipinski definition) is 5. The summed E-state index contributed by atoms with van der Waals surface area (Å²) in [5, 5.41) is 19.8. The number of nitro benzene ring substituents is 1. The van der Waals surface area contributed by atoms with Gasteiger partial charge in [-0.15, -0.1) is 0 Å². The molecular formula is C13H10N2O5. The Balaban J connectivity index is 2.42. The number of carboxylic acids is 1. The Kier molecular flexibility index (Phi) is 3.60.